The van der Waals surface area contributed by atoms with Gasteiger partial charge in [-0.25, -0.2) is 12.7 Å². The standard InChI is InChI=1S/C18H23N5O3S/c1-2-27(25,26)22-10-14-8-16-20-21-17(23(16)12-15(14)11-22)18(24)19-9-13-6-4-3-5-7-13/h3-7,14-15H,2,8-12H2,1H3,(H,19,24)/t14-,15+/m0/s1. The van der Waals surface area contributed by atoms with E-state index >= 15 is 0 Å². The Morgan fingerprint density at radius 3 is 2.63 bits per heavy atom. The van der Waals surface area contributed by atoms with Gasteiger partial charge in [0.2, 0.25) is 15.8 Å². The number of rotatable bonds is 5. The molecule has 144 valence electrons. The molecule has 8 nitrogen and oxygen atoms in total. The first-order chi connectivity index (χ1) is 13.0. The third kappa shape index (κ3) is 3.49. The zero-order valence-electron chi connectivity index (χ0n) is 15.2. The lowest BCUT2D eigenvalue weighted by atomic mass is 9.89. The van der Waals surface area contributed by atoms with Crippen LogP contribution in [0.5, 0.6) is 0 Å². The van der Waals surface area contributed by atoms with Crippen LogP contribution in [0.3, 0.4) is 0 Å². The number of fused-ring (bicyclic) bond motifs is 2. The minimum Gasteiger partial charge on any atom is -0.345 e. The number of sulfonamides is 1. The van der Waals surface area contributed by atoms with E-state index in [1.807, 2.05) is 34.9 Å². The molecule has 9 heteroatoms. The van der Waals surface area contributed by atoms with Crippen LogP contribution in [0.1, 0.15) is 28.9 Å². The Labute approximate surface area is 158 Å². The van der Waals surface area contributed by atoms with Crippen molar-refractivity contribution in [3.05, 3.63) is 47.5 Å². The van der Waals surface area contributed by atoms with Crippen LogP contribution in [-0.4, -0.2) is 52.2 Å². The Morgan fingerprint density at radius 2 is 1.89 bits per heavy atom. The molecular formula is C18H23N5O3S. The molecule has 0 aliphatic carbocycles. The van der Waals surface area contributed by atoms with Crippen molar-refractivity contribution < 1.29 is 13.2 Å². The van der Waals surface area contributed by atoms with Crippen LogP contribution in [0.2, 0.25) is 0 Å². The molecule has 3 heterocycles. The van der Waals surface area contributed by atoms with Crippen molar-refractivity contribution in [1.82, 2.24) is 24.4 Å². The molecule has 1 aromatic heterocycles. The molecule has 1 N–H and O–H groups in total. The first-order valence-electron chi connectivity index (χ1n) is 9.20. The van der Waals surface area contributed by atoms with Gasteiger partial charge in [0.05, 0.1) is 5.75 Å². The summed E-state index contributed by atoms with van der Waals surface area (Å²) in [6.45, 7) is 3.71. The molecule has 0 saturated carbocycles. The van der Waals surface area contributed by atoms with Gasteiger partial charge in [-0.15, -0.1) is 10.2 Å². The highest BCUT2D eigenvalue weighted by atomic mass is 32.2. The monoisotopic (exact) mass is 389 g/mol. The summed E-state index contributed by atoms with van der Waals surface area (Å²) < 4.78 is 27.8. The third-order valence-electron chi connectivity index (χ3n) is 5.49. The van der Waals surface area contributed by atoms with Gasteiger partial charge in [-0.2, -0.15) is 0 Å². The van der Waals surface area contributed by atoms with Crippen LogP contribution < -0.4 is 5.32 Å². The summed E-state index contributed by atoms with van der Waals surface area (Å²) >= 11 is 0. The normalized spacial score (nSPS) is 22.3. The van der Waals surface area contributed by atoms with Crippen LogP contribution in [0.25, 0.3) is 0 Å². The van der Waals surface area contributed by atoms with Gasteiger partial charge in [-0.05, 0) is 24.3 Å². The zero-order chi connectivity index (χ0) is 19.0. The Bertz CT molecular complexity index is 941. The van der Waals surface area contributed by atoms with E-state index in [1.54, 1.807) is 11.2 Å². The first kappa shape index (κ1) is 18.1. The largest absolute Gasteiger partial charge is 0.345 e. The lowest BCUT2D eigenvalue weighted by Gasteiger charge is -2.25. The number of hydrogen-bond donors (Lipinski definition) is 1. The predicted octanol–water partition coefficient (Wildman–Crippen LogP) is 0.662. The molecule has 27 heavy (non-hydrogen) atoms. The van der Waals surface area contributed by atoms with Gasteiger partial charge in [0.1, 0.15) is 5.82 Å². The maximum atomic E-state index is 12.6. The lowest BCUT2D eigenvalue weighted by molar-refractivity contribution is 0.0932. The second-order valence-electron chi connectivity index (χ2n) is 7.16. The summed E-state index contributed by atoms with van der Waals surface area (Å²) in [6.07, 6.45) is 0.652. The lowest BCUT2D eigenvalue weighted by Crippen LogP contribution is -2.33. The van der Waals surface area contributed by atoms with Gasteiger partial charge < -0.3 is 9.88 Å². The highest BCUT2D eigenvalue weighted by Crippen LogP contribution is 2.33. The number of nitrogens with zero attached hydrogens (tertiary/aromatic N) is 4. The second-order valence-corrected chi connectivity index (χ2v) is 9.42. The highest BCUT2D eigenvalue weighted by Gasteiger charge is 2.42. The van der Waals surface area contributed by atoms with E-state index in [4.69, 9.17) is 0 Å². The number of carbonyl (C=O) groups is 1. The Morgan fingerprint density at radius 1 is 1.15 bits per heavy atom. The fourth-order valence-corrected chi connectivity index (χ4v) is 5.12. The van der Waals surface area contributed by atoms with Crippen molar-refractivity contribution in [3.8, 4) is 0 Å². The first-order valence-corrected chi connectivity index (χ1v) is 10.8. The summed E-state index contributed by atoms with van der Waals surface area (Å²) in [4.78, 5) is 12.6. The molecule has 0 unspecified atom stereocenters. The smallest absolute Gasteiger partial charge is 0.289 e. The van der Waals surface area contributed by atoms with Crippen molar-refractivity contribution in [2.24, 2.45) is 11.8 Å². The van der Waals surface area contributed by atoms with Gasteiger partial charge >= 0.3 is 0 Å². The average molecular weight is 389 g/mol. The summed E-state index contributed by atoms with van der Waals surface area (Å²) in [5.41, 5.74) is 1.01. The molecule has 1 saturated heterocycles. The summed E-state index contributed by atoms with van der Waals surface area (Å²) in [7, 11) is -3.18. The molecule has 2 aliphatic rings. The molecule has 2 atom stereocenters. The molecule has 1 aromatic carbocycles. The van der Waals surface area contributed by atoms with Crippen LogP contribution in [0.4, 0.5) is 0 Å². The van der Waals surface area contributed by atoms with Crippen molar-refractivity contribution in [3.63, 3.8) is 0 Å². The fourth-order valence-electron chi connectivity index (χ4n) is 3.92. The molecule has 0 radical (unpaired) electrons. The number of aromatic nitrogens is 3. The number of amides is 1. The van der Waals surface area contributed by atoms with E-state index in [0.29, 0.717) is 38.4 Å². The van der Waals surface area contributed by atoms with Gasteiger partial charge in [0, 0.05) is 32.6 Å². The Hall–Kier alpha value is -2.26. The summed E-state index contributed by atoms with van der Waals surface area (Å²) in [5, 5.41) is 11.2. The molecular weight excluding hydrogens is 366 g/mol. The molecule has 2 aromatic rings. The van der Waals surface area contributed by atoms with Crippen LogP contribution >= 0.6 is 0 Å². The fraction of sp³-hybridized carbons (Fsp3) is 0.500. The van der Waals surface area contributed by atoms with E-state index in [1.165, 1.54) is 0 Å². The summed E-state index contributed by atoms with van der Waals surface area (Å²) in [5.74, 6) is 1.35. The minimum atomic E-state index is -3.18. The number of hydrogen-bond acceptors (Lipinski definition) is 5. The number of benzene rings is 1. The predicted molar refractivity (Wildman–Crippen MR) is 99.4 cm³/mol. The van der Waals surface area contributed by atoms with Gasteiger partial charge in [-0.1, -0.05) is 30.3 Å². The Balaban J connectivity index is 1.46. The van der Waals surface area contributed by atoms with Crippen LogP contribution in [-0.2, 0) is 29.5 Å². The van der Waals surface area contributed by atoms with Crippen molar-refractivity contribution in [2.45, 2.75) is 26.4 Å². The third-order valence-corrected chi connectivity index (χ3v) is 7.30. The van der Waals surface area contributed by atoms with E-state index in [2.05, 4.69) is 15.5 Å². The maximum Gasteiger partial charge on any atom is 0.289 e. The van der Waals surface area contributed by atoms with E-state index in [-0.39, 0.29) is 23.5 Å². The molecule has 0 spiro atoms. The van der Waals surface area contributed by atoms with Crippen molar-refractivity contribution in [2.75, 3.05) is 18.8 Å². The van der Waals surface area contributed by atoms with Crippen molar-refractivity contribution in [1.29, 1.82) is 0 Å². The Kier molecular flexibility index (Phi) is 4.73. The van der Waals surface area contributed by atoms with Gasteiger partial charge in [0.25, 0.3) is 5.91 Å². The van der Waals surface area contributed by atoms with Crippen molar-refractivity contribution >= 4 is 15.9 Å². The van der Waals surface area contributed by atoms with Crippen LogP contribution in [0.15, 0.2) is 30.3 Å². The maximum absolute atomic E-state index is 12.6. The van der Waals surface area contributed by atoms with E-state index in [0.717, 1.165) is 11.4 Å². The highest BCUT2D eigenvalue weighted by molar-refractivity contribution is 7.89. The molecule has 2 aliphatic heterocycles. The summed E-state index contributed by atoms with van der Waals surface area (Å²) in [6, 6.07) is 9.69. The molecule has 4 rings (SSSR count). The average Bonchev–Trinajstić information content (AvgIpc) is 3.28. The van der Waals surface area contributed by atoms with Gasteiger partial charge in [-0.3, -0.25) is 4.79 Å². The molecule has 1 fully saturated rings. The SMILES string of the molecule is CCS(=O)(=O)N1C[C@@H]2Cn3c(nnc3C(=O)NCc3ccccc3)C[C@H]2C1. The molecule has 0 bridgehead atoms. The van der Waals surface area contributed by atoms with E-state index < -0.39 is 10.0 Å². The van der Waals surface area contributed by atoms with E-state index in [9.17, 15) is 13.2 Å². The minimum absolute atomic E-state index is 0.117. The zero-order valence-corrected chi connectivity index (χ0v) is 16.0. The van der Waals surface area contributed by atoms with Crippen LogP contribution in [0, 0.1) is 11.8 Å². The molecule has 1 amide bonds. The quantitative estimate of drug-likeness (QED) is 0.810. The topological polar surface area (TPSA) is 97.2 Å². The number of nitrogens with one attached hydrogen (secondary N) is 1. The van der Waals surface area contributed by atoms with Gasteiger partial charge in [0.15, 0.2) is 0 Å². The number of carbonyl (C=O) groups excluding carboxylic acids is 1. The second kappa shape index (κ2) is 7.05.